The van der Waals surface area contributed by atoms with E-state index in [0.29, 0.717) is 5.56 Å². The van der Waals surface area contributed by atoms with Crippen LogP contribution in [0, 0.1) is 0 Å². The van der Waals surface area contributed by atoms with Crippen molar-refractivity contribution in [3.05, 3.63) is 59.4 Å². The van der Waals surface area contributed by atoms with Gasteiger partial charge in [-0.2, -0.15) is 13.2 Å². The monoisotopic (exact) mass is 360 g/mol. The molecule has 2 aromatic rings. The summed E-state index contributed by atoms with van der Waals surface area (Å²) < 4.78 is 70.7. The predicted molar refractivity (Wildman–Crippen MR) is 80.4 cm³/mol. The molecule has 9 heteroatoms. The van der Waals surface area contributed by atoms with Crippen LogP contribution in [0.3, 0.4) is 0 Å². The van der Waals surface area contributed by atoms with Gasteiger partial charge in [-0.3, -0.25) is 4.98 Å². The van der Waals surface area contributed by atoms with E-state index in [1.54, 1.807) is 12.1 Å². The van der Waals surface area contributed by atoms with Gasteiger partial charge in [0.25, 0.3) is 0 Å². The first-order valence-electron chi connectivity index (χ1n) is 6.82. The summed E-state index contributed by atoms with van der Waals surface area (Å²) >= 11 is 0. The standard InChI is InChI=1S/C15H15F3N2O3S/c1-23-10-11-4-2-3-5-14(11)24(21,22)20-9-12-8-19-7-6-13(12)15(16,17)18/h2-8,20H,9-10H2,1H3. The Kier molecular flexibility index (Phi) is 5.58. The van der Waals surface area contributed by atoms with E-state index in [1.807, 2.05) is 0 Å². The van der Waals surface area contributed by atoms with Crippen molar-refractivity contribution in [3.8, 4) is 0 Å². The largest absolute Gasteiger partial charge is 0.416 e. The lowest BCUT2D eigenvalue weighted by Gasteiger charge is -2.14. The van der Waals surface area contributed by atoms with Crippen LogP contribution in [0.25, 0.3) is 0 Å². The number of sulfonamides is 1. The summed E-state index contributed by atoms with van der Waals surface area (Å²) in [5.41, 5.74) is -0.766. The number of halogens is 3. The zero-order valence-corrected chi connectivity index (χ0v) is 13.5. The third kappa shape index (κ3) is 4.31. The molecule has 0 spiro atoms. The number of alkyl halides is 3. The molecular weight excluding hydrogens is 345 g/mol. The Bertz CT molecular complexity index is 808. The topological polar surface area (TPSA) is 68.3 Å². The number of aromatic nitrogens is 1. The van der Waals surface area contributed by atoms with E-state index in [-0.39, 0.29) is 17.1 Å². The maximum atomic E-state index is 12.9. The van der Waals surface area contributed by atoms with Gasteiger partial charge in [0.1, 0.15) is 0 Å². The number of pyridine rings is 1. The lowest BCUT2D eigenvalue weighted by atomic mass is 10.1. The van der Waals surface area contributed by atoms with Crippen molar-refractivity contribution in [3.63, 3.8) is 0 Å². The summed E-state index contributed by atoms with van der Waals surface area (Å²) in [5, 5.41) is 0. The second-order valence-corrected chi connectivity index (χ2v) is 6.63. The molecule has 0 saturated heterocycles. The van der Waals surface area contributed by atoms with Gasteiger partial charge in [-0.25, -0.2) is 13.1 Å². The minimum absolute atomic E-state index is 0.0377. The Morgan fingerprint density at radius 1 is 1.17 bits per heavy atom. The van der Waals surface area contributed by atoms with Gasteiger partial charge in [-0.05, 0) is 23.3 Å². The molecule has 0 radical (unpaired) electrons. The number of ether oxygens (including phenoxy) is 1. The SMILES string of the molecule is COCc1ccccc1S(=O)(=O)NCc1cnccc1C(F)(F)F. The summed E-state index contributed by atoms with van der Waals surface area (Å²) in [6, 6.07) is 6.92. The molecule has 1 heterocycles. The van der Waals surface area contributed by atoms with Crippen LogP contribution in [0.1, 0.15) is 16.7 Å². The van der Waals surface area contributed by atoms with Crippen molar-refractivity contribution in [1.82, 2.24) is 9.71 Å². The molecule has 0 aliphatic rings. The number of benzene rings is 1. The third-order valence-corrected chi connectivity index (χ3v) is 4.73. The molecule has 1 aromatic carbocycles. The molecule has 1 aromatic heterocycles. The molecule has 0 amide bonds. The Hall–Kier alpha value is -1.97. The van der Waals surface area contributed by atoms with Crippen molar-refractivity contribution < 1.29 is 26.3 Å². The number of hydrogen-bond acceptors (Lipinski definition) is 4. The van der Waals surface area contributed by atoms with Crippen LogP contribution in [0.2, 0.25) is 0 Å². The fraction of sp³-hybridized carbons (Fsp3) is 0.267. The number of methoxy groups -OCH3 is 1. The van der Waals surface area contributed by atoms with Crippen LogP contribution < -0.4 is 4.72 Å². The van der Waals surface area contributed by atoms with E-state index >= 15 is 0 Å². The van der Waals surface area contributed by atoms with Crippen molar-refractivity contribution in [1.29, 1.82) is 0 Å². The number of rotatable bonds is 6. The molecule has 0 fully saturated rings. The van der Waals surface area contributed by atoms with E-state index in [2.05, 4.69) is 9.71 Å². The molecule has 0 atom stereocenters. The van der Waals surface area contributed by atoms with Crippen molar-refractivity contribution in [2.24, 2.45) is 0 Å². The lowest BCUT2D eigenvalue weighted by molar-refractivity contribution is -0.138. The number of nitrogens with zero attached hydrogens (tertiary/aromatic N) is 1. The van der Waals surface area contributed by atoms with E-state index in [4.69, 9.17) is 4.74 Å². The van der Waals surface area contributed by atoms with Gasteiger partial charge in [0.05, 0.1) is 17.1 Å². The Morgan fingerprint density at radius 2 is 1.88 bits per heavy atom. The Labute approximate surface area is 137 Å². The van der Waals surface area contributed by atoms with E-state index in [9.17, 15) is 21.6 Å². The predicted octanol–water partition coefficient (Wildman–Crippen LogP) is 2.73. The third-order valence-electron chi connectivity index (χ3n) is 3.22. The molecule has 0 aliphatic carbocycles. The van der Waals surface area contributed by atoms with E-state index in [1.165, 1.54) is 19.2 Å². The molecule has 0 bridgehead atoms. The van der Waals surface area contributed by atoms with Crippen LogP contribution in [0.4, 0.5) is 13.2 Å². The Balaban J connectivity index is 2.27. The van der Waals surface area contributed by atoms with E-state index in [0.717, 1.165) is 18.5 Å². The zero-order chi connectivity index (χ0) is 17.8. The summed E-state index contributed by atoms with van der Waals surface area (Å²) in [4.78, 5) is 3.59. The van der Waals surface area contributed by atoms with Crippen LogP contribution in [-0.2, 0) is 34.1 Å². The molecule has 5 nitrogen and oxygen atoms in total. The summed E-state index contributed by atoms with van der Waals surface area (Å²) in [6.07, 6.45) is -2.58. The van der Waals surface area contributed by atoms with Gasteiger partial charge in [0, 0.05) is 26.0 Å². The lowest BCUT2D eigenvalue weighted by Crippen LogP contribution is -2.26. The minimum atomic E-state index is -4.59. The fourth-order valence-electron chi connectivity index (χ4n) is 2.14. The minimum Gasteiger partial charge on any atom is -0.380 e. The van der Waals surface area contributed by atoms with Gasteiger partial charge in [-0.15, -0.1) is 0 Å². The first-order chi connectivity index (χ1) is 11.3. The quantitative estimate of drug-likeness (QED) is 0.860. The average Bonchev–Trinajstić information content (AvgIpc) is 2.53. The van der Waals surface area contributed by atoms with Gasteiger partial charge in [-0.1, -0.05) is 18.2 Å². The highest BCUT2D eigenvalue weighted by Crippen LogP contribution is 2.31. The highest BCUT2D eigenvalue weighted by atomic mass is 32.2. The zero-order valence-electron chi connectivity index (χ0n) is 12.7. The van der Waals surface area contributed by atoms with Crippen LogP contribution in [-0.4, -0.2) is 20.5 Å². The van der Waals surface area contributed by atoms with Gasteiger partial charge in [0.2, 0.25) is 10.0 Å². The second-order valence-electron chi connectivity index (χ2n) is 4.90. The van der Waals surface area contributed by atoms with Crippen molar-refractivity contribution in [2.75, 3.05) is 7.11 Å². The molecule has 2 rings (SSSR count). The maximum absolute atomic E-state index is 12.9. The van der Waals surface area contributed by atoms with Crippen molar-refractivity contribution >= 4 is 10.0 Å². The van der Waals surface area contributed by atoms with Crippen molar-refractivity contribution in [2.45, 2.75) is 24.2 Å². The van der Waals surface area contributed by atoms with Crippen LogP contribution in [0.15, 0.2) is 47.6 Å². The van der Waals surface area contributed by atoms with E-state index < -0.39 is 28.3 Å². The molecule has 24 heavy (non-hydrogen) atoms. The van der Waals surface area contributed by atoms with Gasteiger partial charge in [0.15, 0.2) is 0 Å². The van der Waals surface area contributed by atoms with Crippen LogP contribution in [0.5, 0.6) is 0 Å². The summed E-state index contributed by atoms with van der Waals surface area (Å²) in [6.45, 7) is -0.454. The average molecular weight is 360 g/mol. The summed E-state index contributed by atoms with van der Waals surface area (Å²) in [5.74, 6) is 0. The molecule has 130 valence electrons. The molecule has 0 saturated carbocycles. The smallest absolute Gasteiger partial charge is 0.380 e. The highest BCUT2D eigenvalue weighted by Gasteiger charge is 2.33. The van der Waals surface area contributed by atoms with Gasteiger partial charge >= 0.3 is 6.18 Å². The molecule has 1 N–H and O–H groups in total. The second kappa shape index (κ2) is 7.29. The first-order valence-corrected chi connectivity index (χ1v) is 8.30. The Morgan fingerprint density at radius 3 is 2.54 bits per heavy atom. The molecule has 0 aliphatic heterocycles. The maximum Gasteiger partial charge on any atom is 0.416 e. The number of nitrogens with one attached hydrogen (secondary N) is 1. The molecular formula is C15H15F3N2O3S. The van der Waals surface area contributed by atoms with Gasteiger partial charge < -0.3 is 4.74 Å². The summed E-state index contributed by atoms with van der Waals surface area (Å²) in [7, 11) is -2.58. The molecule has 0 unspecified atom stereocenters. The highest BCUT2D eigenvalue weighted by molar-refractivity contribution is 7.89. The van der Waals surface area contributed by atoms with Crippen LogP contribution >= 0.6 is 0 Å². The normalized spacial score (nSPS) is 12.3. The fourth-order valence-corrected chi connectivity index (χ4v) is 3.37. The first kappa shape index (κ1) is 18.4. The number of hydrogen-bond donors (Lipinski definition) is 1.